The van der Waals surface area contributed by atoms with Gasteiger partial charge in [-0.15, -0.1) is 22.6 Å². The first kappa shape index (κ1) is 19.1. The molecule has 0 aliphatic heterocycles. The standard InChI is InChI=1S/C16H19ClN4OS.ClH/c17-12-5-1-3-10(7-12)8-14-20-21-16(23-14)19-15(22)13-6-2-4-11(13)9-18;/h1,3,5,7,11,13H,2,4,6,8-9,18H2,(H,19,21,22);1H/t11-,13-;/m1./s1. The van der Waals surface area contributed by atoms with Crippen molar-refractivity contribution in [3.8, 4) is 0 Å². The molecule has 2 atom stereocenters. The van der Waals surface area contributed by atoms with Crippen LogP contribution >= 0.6 is 35.3 Å². The van der Waals surface area contributed by atoms with E-state index in [-0.39, 0.29) is 30.2 Å². The molecule has 8 heteroatoms. The smallest absolute Gasteiger partial charge is 0.229 e. The molecule has 1 aromatic carbocycles. The third-order valence-corrected chi connectivity index (χ3v) is 5.31. The number of halogens is 2. The molecule has 3 rings (SSSR count). The predicted molar refractivity (Wildman–Crippen MR) is 99.9 cm³/mol. The summed E-state index contributed by atoms with van der Waals surface area (Å²) in [7, 11) is 0. The van der Waals surface area contributed by atoms with Crippen molar-refractivity contribution in [2.45, 2.75) is 25.7 Å². The topological polar surface area (TPSA) is 80.9 Å². The van der Waals surface area contributed by atoms with Crippen LogP contribution in [0.5, 0.6) is 0 Å². The number of nitrogens with zero attached hydrogens (tertiary/aromatic N) is 2. The molecular formula is C16H20Cl2N4OS. The van der Waals surface area contributed by atoms with Crippen LogP contribution in [0.15, 0.2) is 24.3 Å². The summed E-state index contributed by atoms with van der Waals surface area (Å²) >= 11 is 7.39. The van der Waals surface area contributed by atoms with Crippen LogP contribution in [0.4, 0.5) is 5.13 Å². The fraction of sp³-hybridized carbons (Fsp3) is 0.438. The number of hydrogen-bond donors (Lipinski definition) is 2. The highest BCUT2D eigenvalue weighted by molar-refractivity contribution is 7.15. The summed E-state index contributed by atoms with van der Waals surface area (Å²) in [6.45, 7) is 0.564. The molecule has 1 aliphatic rings. The van der Waals surface area contributed by atoms with Crippen molar-refractivity contribution in [2.75, 3.05) is 11.9 Å². The minimum Gasteiger partial charge on any atom is -0.330 e. The van der Waals surface area contributed by atoms with E-state index in [4.69, 9.17) is 17.3 Å². The molecule has 0 bridgehead atoms. The Hall–Kier alpha value is -1.21. The molecule has 3 N–H and O–H groups in total. The van der Waals surface area contributed by atoms with Gasteiger partial charge >= 0.3 is 0 Å². The molecule has 0 unspecified atom stereocenters. The first-order valence-electron chi connectivity index (χ1n) is 7.73. The van der Waals surface area contributed by atoms with Crippen molar-refractivity contribution in [1.29, 1.82) is 0 Å². The van der Waals surface area contributed by atoms with Crippen molar-refractivity contribution in [3.63, 3.8) is 0 Å². The predicted octanol–water partition coefficient (Wildman–Crippen LogP) is 3.52. The van der Waals surface area contributed by atoms with Crippen LogP contribution in [0.1, 0.15) is 29.8 Å². The van der Waals surface area contributed by atoms with Crippen LogP contribution in [0, 0.1) is 11.8 Å². The Morgan fingerprint density at radius 2 is 2.21 bits per heavy atom. The third kappa shape index (κ3) is 4.66. The summed E-state index contributed by atoms with van der Waals surface area (Å²) in [6, 6.07) is 7.65. The number of hydrogen-bond acceptors (Lipinski definition) is 5. The first-order valence-corrected chi connectivity index (χ1v) is 8.93. The SMILES string of the molecule is Cl.NC[C@H]1CCC[C@H]1C(=O)Nc1nnc(Cc2cccc(Cl)c2)s1. The van der Waals surface area contributed by atoms with E-state index in [1.54, 1.807) is 0 Å². The number of rotatable bonds is 5. The molecular weight excluding hydrogens is 367 g/mol. The van der Waals surface area contributed by atoms with Gasteiger partial charge in [-0.05, 0) is 43.0 Å². The first-order chi connectivity index (χ1) is 11.2. The number of carbonyl (C=O) groups is 1. The molecule has 0 spiro atoms. The average Bonchev–Trinajstić information content (AvgIpc) is 3.16. The fourth-order valence-electron chi connectivity index (χ4n) is 3.06. The number of anilines is 1. The zero-order valence-corrected chi connectivity index (χ0v) is 15.5. The lowest BCUT2D eigenvalue weighted by Crippen LogP contribution is -2.29. The summed E-state index contributed by atoms with van der Waals surface area (Å²) in [5.41, 5.74) is 6.82. The van der Waals surface area contributed by atoms with Crippen LogP contribution in [-0.2, 0) is 11.2 Å². The van der Waals surface area contributed by atoms with Crippen LogP contribution in [0.3, 0.4) is 0 Å². The maximum Gasteiger partial charge on any atom is 0.229 e. The Kier molecular flexibility index (Phi) is 6.98. The van der Waals surface area contributed by atoms with Crippen molar-refractivity contribution in [3.05, 3.63) is 39.9 Å². The Labute approximate surface area is 156 Å². The molecule has 0 saturated heterocycles. The summed E-state index contributed by atoms with van der Waals surface area (Å²) in [5, 5.41) is 13.2. The molecule has 5 nitrogen and oxygen atoms in total. The van der Waals surface area contributed by atoms with Gasteiger partial charge in [0.05, 0.1) is 0 Å². The van der Waals surface area contributed by atoms with E-state index in [2.05, 4.69) is 15.5 Å². The van der Waals surface area contributed by atoms with Gasteiger partial charge in [0.1, 0.15) is 5.01 Å². The number of aromatic nitrogens is 2. The molecule has 1 aromatic heterocycles. The van der Waals surface area contributed by atoms with Gasteiger partial charge < -0.3 is 11.1 Å². The summed E-state index contributed by atoms with van der Waals surface area (Å²) in [4.78, 5) is 12.4. The lowest BCUT2D eigenvalue weighted by molar-refractivity contribution is -0.120. The minimum atomic E-state index is 0. The van der Waals surface area contributed by atoms with Crippen LogP contribution < -0.4 is 11.1 Å². The average molecular weight is 387 g/mol. The van der Waals surface area contributed by atoms with Gasteiger partial charge in [-0.3, -0.25) is 4.79 Å². The van der Waals surface area contributed by atoms with Gasteiger partial charge in [0.2, 0.25) is 11.0 Å². The molecule has 1 saturated carbocycles. The number of carbonyl (C=O) groups excluding carboxylic acids is 1. The summed E-state index contributed by atoms with van der Waals surface area (Å²) in [5.74, 6) is 0.303. The van der Waals surface area contributed by atoms with Crippen molar-refractivity contribution in [1.82, 2.24) is 10.2 Å². The van der Waals surface area contributed by atoms with Gasteiger partial charge in [-0.1, -0.05) is 41.5 Å². The maximum atomic E-state index is 12.4. The van der Waals surface area contributed by atoms with Gasteiger partial charge in [0.25, 0.3) is 0 Å². The van der Waals surface area contributed by atoms with Crippen LogP contribution in [0.25, 0.3) is 0 Å². The molecule has 24 heavy (non-hydrogen) atoms. The van der Waals surface area contributed by atoms with Gasteiger partial charge in [0.15, 0.2) is 0 Å². The number of nitrogens with two attached hydrogens (primary N) is 1. The van der Waals surface area contributed by atoms with E-state index < -0.39 is 0 Å². The largest absolute Gasteiger partial charge is 0.330 e. The zero-order valence-electron chi connectivity index (χ0n) is 13.1. The second kappa shape index (κ2) is 8.76. The Morgan fingerprint density at radius 1 is 1.38 bits per heavy atom. The highest BCUT2D eigenvalue weighted by Gasteiger charge is 2.32. The maximum absolute atomic E-state index is 12.4. The third-order valence-electron chi connectivity index (χ3n) is 4.24. The summed E-state index contributed by atoms with van der Waals surface area (Å²) < 4.78 is 0. The zero-order chi connectivity index (χ0) is 16.2. The fourth-order valence-corrected chi connectivity index (χ4v) is 4.05. The van der Waals surface area contributed by atoms with Crippen LogP contribution in [0.2, 0.25) is 5.02 Å². The monoisotopic (exact) mass is 386 g/mol. The lowest BCUT2D eigenvalue weighted by Gasteiger charge is -2.15. The van der Waals surface area contributed by atoms with E-state index in [1.807, 2.05) is 24.3 Å². The molecule has 2 aromatic rings. The highest BCUT2D eigenvalue weighted by atomic mass is 35.5. The van der Waals surface area contributed by atoms with Gasteiger partial charge in [-0.2, -0.15) is 0 Å². The van der Waals surface area contributed by atoms with Crippen LogP contribution in [-0.4, -0.2) is 22.6 Å². The quantitative estimate of drug-likeness (QED) is 0.823. The van der Waals surface area contributed by atoms with E-state index >= 15 is 0 Å². The Balaban J connectivity index is 0.00000208. The summed E-state index contributed by atoms with van der Waals surface area (Å²) in [6.07, 6.45) is 3.66. The second-order valence-corrected chi connectivity index (χ2v) is 7.33. The van der Waals surface area contributed by atoms with Gasteiger partial charge in [-0.25, -0.2) is 0 Å². The van der Waals surface area contributed by atoms with Crippen molar-refractivity contribution >= 4 is 46.4 Å². The van der Waals surface area contributed by atoms with E-state index in [1.165, 1.54) is 11.3 Å². The number of benzene rings is 1. The van der Waals surface area contributed by atoms with E-state index in [0.29, 0.717) is 23.1 Å². The second-order valence-electron chi connectivity index (χ2n) is 5.83. The molecule has 1 amide bonds. The molecule has 0 radical (unpaired) electrons. The minimum absolute atomic E-state index is 0. The Morgan fingerprint density at radius 3 is 2.96 bits per heavy atom. The highest BCUT2D eigenvalue weighted by Crippen LogP contribution is 2.32. The molecule has 1 aliphatic carbocycles. The molecule has 130 valence electrons. The number of amides is 1. The normalized spacial score (nSPS) is 19.8. The van der Waals surface area contributed by atoms with E-state index in [0.717, 1.165) is 29.8 Å². The molecule has 1 fully saturated rings. The van der Waals surface area contributed by atoms with E-state index in [9.17, 15) is 4.79 Å². The number of nitrogens with one attached hydrogen (secondary N) is 1. The van der Waals surface area contributed by atoms with Crippen molar-refractivity contribution < 1.29 is 4.79 Å². The lowest BCUT2D eigenvalue weighted by atomic mass is 9.95. The van der Waals surface area contributed by atoms with Gasteiger partial charge in [0, 0.05) is 17.4 Å². The molecule has 1 heterocycles. The Bertz CT molecular complexity index is 694. The van der Waals surface area contributed by atoms with Crippen molar-refractivity contribution in [2.24, 2.45) is 17.6 Å².